The molecule has 5 heteroatoms. The molecule has 1 saturated heterocycles. The van der Waals surface area contributed by atoms with Crippen molar-refractivity contribution in [3.05, 3.63) is 17.5 Å². The number of hydrogen-bond acceptors (Lipinski definition) is 3. The van der Waals surface area contributed by atoms with Crippen LogP contribution in [0.25, 0.3) is 0 Å². The second kappa shape index (κ2) is 4.49. The van der Waals surface area contributed by atoms with Gasteiger partial charge in [0.1, 0.15) is 5.56 Å². The highest BCUT2D eigenvalue weighted by molar-refractivity contribution is 5.88. The molecule has 2 heterocycles. The Labute approximate surface area is 101 Å². The molecule has 1 fully saturated rings. The maximum absolute atomic E-state index is 11.1. The molecule has 2 unspecified atom stereocenters. The van der Waals surface area contributed by atoms with Gasteiger partial charge in [-0.25, -0.2) is 4.79 Å². The van der Waals surface area contributed by atoms with Gasteiger partial charge in [-0.15, -0.1) is 0 Å². The van der Waals surface area contributed by atoms with Gasteiger partial charge in [-0.1, -0.05) is 6.92 Å². The van der Waals surface area contributed by atoms with Crippen molar-refractivity contribution in [1.29, 1.82) is 0 Å². The van der Waals surface area contributed by atoms with Crippen LogP contribution in [-0.2, 0) is 13.6 Å². The van der Waals surface area contributed by atoms with E-state index in [1.165, 1.54) is 12.6 Å². The SMILES string of the molecule is CC1CC(C)N(Cc2c(C(=O)O)cnn2C)C1. The molecule has 2 atom stereocenters. The highest BCUT2D eigenvalue weighted by atomic mass is 16.4. The molecule has 0 aromatic carbocycles. The quantitative estimate of drug-likeness (QED) is 0.862. The van der Waals surface area contributed by atoms with Gasteiger partial charge in [0.15, 0.2) is 0 Å². The maximum atomic E-state index is 11.1. The van der Waals surface area contributed by atoms with E-state index in [4.69, 9.17) is 5.11 Å². The summed E-state index contributed by atoms with van der Waals surface area (Å²) in [6.07, 6.45) is 2.61. The molecule has 94 valence electrons. The first-order valence-electron chi connectivity index (χ1n) is 5.97. The first kappa shape index (κ1) is 12.1. The number of aromatic carboxylic acids is 1. The Bertz CT molecular complexity index is 427. The summed E-state index contributed by atoms with van der Waals surface area (Å²) in [6, 6.07) is 0.515. The third-order valence-corrected chi connectivity index (χ3v) is 3.56. The van der Waals surface area contributed by atoms with E-state index in [0.717, 1.165) is 12.2 Å². The molecule has 17 heavy (non-hydrogen) atoms. The number of hydrogen-bond donors (Lipinski definition) is 1. The van der Waals surface area contributed by atoms with Gasteiger partial charge in [0.05, 0.1) is 11.9 Å². The average molecular weight is 237 g/mol. The van der Waals surface area contributed by atoms with Gasteiger partial charge in [-0.3, -0.25) is 9.58 Å². The number of carbonyl (C=O) groups is 1. The molecule has 0 amide bonds. The lowest BCUT2D eigenvalue weighted by Crippen LogP contribution is -2.28. The molecule has 1 aliphatic heterocycles. The van der Waals surface area contributed by atoms with Gasteiger partial charge in [0, 0.05) is 26.2 Å². The summed E-state index contributed by atoms with van der Waals surface area (Å²) >= 11 is 0. The number of rotatable bonds is 3. The maximum Gasteiger partial charge on any atom is 0.339 e. The number of nitrogens with zero attached hydrogens (tertiary/aromatic N) is 3. The monoisotopic (exact) mass is 237 g/mol. The summed E-state index contributed by atoms with van der Waals surface area (Å²) in [4.78, 5) is 13.4. The molecule has 0 saturated carbocycles. The summed E-state index contributed by atoms with van der Waals surface area (Å²) in [5, 5.41) is 13.1. The largest absolute Gasteiger partial charge is 0.478 e. The van der Waals surface area contributed by atoms with Crippen molar-refractivity contribution in [2.45, 2.75) is 32.9 Å². The number of aromatic nitrogens is 2. The highest BCUT2D eigenvalue weighted by Gasteiger charge is 2.28. The number of aryl methyl sites for hydroxylation is 1. The molecular weight excluding hydrogens is 218 g/mol. The van der Waals surface area contributed by atoms with E-state index in [-0.39, 0.29) is 0 Å². The average Bonchev–Trinajstić information content (AvgIpc) is 2.73. The fraction of sp³-hybridized carbons (Fsp3) is 0.667. The van der Waals surface area contributed by atoms with Crippen LogP contribution < -0.4 is 0 Å². The Morgan fingerprint density at radius 2 is 2.29 bits per heavy atom. The van der Waals surface area contributed by atoms with Crippen LogP contribution in [0, 0.1) is 5.92 Å². The molecular formula is C12H19N3O2. The van der Waals surface area contributed by atoms with E-state index >= 15 is 0 Å². The minimum atomic E-state index is -0.895. The van der Waals surface area contributed by atoms with Gasteiger partial charge in [0.2, 0.25) is 0 Å². The Hall–Kier alpha value is -1.36. The molecule has 1 aromatic heterocycles. The molecule has 2 rings (SSSR count). The Morgan fingerprint density at radius 3 is 2.82 bits per heavy atom. The zero-order valence-electron chi connectivity index (χ0n) is 10.6. The van der Waals surface area contributed by atoms with E-state index < -0.39 is 5.97 Å². The number of carboxylic acids is 1. The lowest BCUT2D eigenvalue weighted by molar-refractivity contribution is 0.0694. The van der Waals surface area contributed by atoms with Gasteiger partial charge in [-0.2, -0.15) is 5.10 Å². The van der Waals surface area contributed by atoms with Crippen molar-refractivity contribution in [1.82, 2.24) is 14.7 Å². The second-order valence-electron chi connectivity index (χ2n) is 5.05. The molecule has 5 nitrogen and oxygen atoms in total. The molecule has 0 aliphatic carbocycles. The molecule has 1 aromatic rings. The summed E-state index contributed by atoms with van der Waals surface area (Å²) in [6.45, 7) is 6.13. The molecule has 1 aliphatic rings. The number of likely N-dealkylation sites (tertiary alicyclic amines) is 1. The van der Waals surface area contributed by atoms with Crippen molar-refractivity contribution < 1.29 is 9.90 Å². The van der Waals surface area contributed by atoms with E-state index in [2.05, 4.69) is 23.8 Å². The van der Waals surface area contributed by atoms with Crippen LogP contribution >= 0.6 is 0 Å². The predicted molar refractivity (Wildman–Crippen MR) is 63.8 cm³/mol. The van der Waals surface area contributed by atoms with Crippen LogP contribution in [0.15, 0.2) is 6.20 Å². The first-order chi connectivity index (χ1) is 7.99. The van der Waals surface area contributed by atoms with Crippen LogP contribution in [0.3, 0.4) is 0 Å². The topological polar surface area (TPSA) is 58.4 Å². The minimum absolute atomic E-state index is 0.319. The minimum Gasteiger partial charge on any atom is -0.478 e. The van der Waals surface area contributed by atoms with E-state index in [9.17, 15) is 4.79 Å². The lowest BCUT2D eigenvalue weighted by Gasteiger charge is -2.21. The predicted octanol–water partition coefficient (Wildman–Crippen LogP) is 1.35. The van der Waals surface area contributed by atoms with Crippen LogP contribution in [0.5, 0.6) is 0 Å². The normalized spacial score (nSPS) is 25.4. The number of carboxylic acid groups (broad SMARTS) is 1. The van der Waals surface area contributed by atoms with Gasteiger partial charge in [0.25, 0.3) is 0 Å². The van der Waals surface area contributed by atoms with Crippen molar-refractivity contribution in [3.63, 3.8) is 0 Å². The van der Waals surface area contributed by atoms with Gasteiger partial charge >= 0.3 is 5.97 Å². The second-order valence-corrected chi connectivity index (χ2v) is 5.05. The van der Waals surface area contributed by atoms with Crippen molar-refractivity contribution in [2.24, 2.45) is 13.0 Å². The first-order valence-corrected chi connectivity index (χ1v) is 5.97. The van der Waals surface area contributed by atoms with Crippen molar-refractivity contribution >= 4 is 5.97 Å². The zero-order valence-corrected chi connectivity index (χ0v) is 10.6. The Balaban J connectivity index is 2.18. The smallest absolute Gasteiger partial charge is 0.339 e. The molecule has 0 radical (unpaired) electrons. The third kappa shape index (κ3) is 2.34. The van der Waals surface area contributed by atoms with Crippen LogP contribution in [-0.4, -0.2) is 38.3 Å². The van der Waals surface area contributed by atoms with Crippen molar-refractivity contribution in [3.8, 4) is 0 Å². The summed E-state index contributed by atoms with van der Waals surface area (Å²) in [5.41, 5.74) is 1.11. The highest BCUT2D eigenvalue weighted by Crippen LogP contribution is 2.24. The summed E-state index contributed by atoms with van der Waals surface area (Å²) < 4.78 is 1.67. The summed E-state index contributed by atoms with van der Waals surface area (Å²) in [7, 11) is 1.80. The fourth-order valence-electron chi connectivity index (χ4n) is 2.63. The zero-order chi connectivity index (χ0) is 12.6. The van der Waals surface area contributed by atoms with Crippen LogP contribution in [0.2, 0.25) is 0 Å². The van der Waals surface area contributed by atoms with Crippen LogP contribution in [0.4, 0.5) is 0 Å². The van der Waals surface area contributed by atoms with E-state index in [1.54, 1.807) is 11.7 Å². The summed E-state index contributed by atoms with van der Waals surface area (Å²) in [5.74, 6) is -0.209. The fourth-order valence-corrected chi connectivity index (χ4v) is 2.63. The molecule has 0 bridgehead atoms. The Morgan fingerprint density at radius 1 is 1.59 bits per heavy atom. The van der Waals surface area contributed by atoms with Gasteiger partial charge < -0.3 is 5.11 Å². The van der Waals surface area contributed by atoms with Gasteiger partial charge in [-0.05, 0) is 19.3 Å². The molecule has 1 N–H and O–H groups in total. The Kier molecular flexibility index (Phi) is 3.19. The molecule has 0 spiro atoms. The van der Waals surface area contributed by atoms with E-state index in [0.29, 0.717) is 24.1 Å². The third-order valence-electron chi connectivity index (χ3n) is 3.56. The standard InChI is InChI=1S/C12H19N3O2/c1-8-4-9(2)15(6-8)7-11-10(12(16)17)5-13-14(11)3/h5,8-9H,4,6-7H2,1-3H3,(H,16,17). The lowest BCUT2D eigenvalue weighted by atomic mass is 10.1. The van der Waals surface area contributed by atoms with Crippen molar-refractivity contribution in [2.75, 3.05) is 6.54 Å². The van der Waals surface area contributed by atoms with E-state index in [1.807, 2.05) is 0 Å². The van der Waals surface area contributed by atoms with Crippen LogP contribution in [0.1, 0.15) is 36.3 Å².